The minimum atomic E-state index is 0.635. The van der Waals surface area contributed by atoms with E-state index in [1.807, 2.05) is 0 Å². The molecule has 2 aliphatic rings. The predicted molar refractivity (Wildman–Crippen MR) is 87.2 cm³/mol. The van der Waals surface area contributed by atoms with Crippen molar-refractivity contribution in [1.82, 2.24) is 15.1 Å². The molecule has 0 aromatic carbocycles. The monoisotopic (exact) mass is 281 g/mol. The van der Waals surface area contributed by atoms with Gasteiger partial charge < -0.3 is 10.2 Å². The Kier molecular flexibility index (Phi) is 6.31. The Morgan fingerprint density at radius 1 is 0.900 bits per heavy atom. The van der Waals surface area contributed by atoms with E-state index < -0.39 is 0 Å². The van der Waals surface area contributed by atoms with Crippen molar-refractivity contribution in [3.63, 3.8) is 0 Å². The molecule has 3 heteroatoms. The van der Waals surface area contributed by atoms with E-state index >= 15 is 0 Å². The van der Waals surface area contributed by atoms with Crippen molar-refractivity contribution in [2.24, 2.45) is 5.92 Å². The van der Waals surface area contributed by atoms with Gasteiger partial charge in [-0.1, -0.05) is 27.7 Å². The molecule has 1 aliphatic heterocycles. The van der Waals surface area contributed by atoms with Gasteiger partial charge in [0.05, 0.1) is 0 Å². The largest absolute Gasteiger partial charge is 0.312 e. The van der Waals surface area contributed by atoms with Crippen molar-refractivity contribution in [1.29, 1.82) is 0 Å². The molecule has 0 radical (unpaired) electrons. The quantitative estimate of drug-likeness (QED) is 0.835. The molecule has 0 unspecified atom stereocenters. The fourth-order valence-corrected chi connectivity index (χ4v) is 3.91. The van der Waals surface area contributed by atoms with Crippen molar-refractivity contribution < 1.29 is 0 Å². The third-order valence-corrected chi connectivity index (χ3v) is 4.81. The van der Waals surface area contributed by atoms with Crippen molar-refractivity contribution in [2.45, 2.75) is 71.5 Å². The van der Waals surface area contributed by atoms with Crippen LogP contribution in [0.4, 0.5) is 0 Å². The van der Waals surface area contributed by atoms with Gasteiger partial charge in [0.15, 0.2) is 0 Å². The van der Waals surface area contributed by atoms with Crippen LogP contribution >= 0.6 is 0 Å². The minimum Gasteiger partial charge on any atom is -0.312 e. The van der Waals surface area contributed by atoms with Gasteiger partial charge in [0.1, 0.15) is 0 Å². The summed E-state index contributed by atoms with van der Waals surface area (Å²) in [6, 6.07) is 2.27. The Hall–Kier alpha value is -0.120. The van der Waals surface area contributed by atoms with Crippen LogP contribution in [0.3, 0.4) is 0 Å². The molecule has 20 heavy (non-hydrogen) atoms. The summed E-state index contributed by atoms with van der Waals surface area (Å²) in [4.78, 5) is 5.41. The third kappa shape index (κ3) is 5.01. The molecular formula is C17H35N3. The first kappa shape index (κ1) is 16.3. The highest BCUT2D eigenvalue weighted by molar-refractivity contribution is 4.86. The van der Waals surface area contributed by atoms with E-state index in [1.165, 1.54) is 58.4 Å². The van der Waals surface area contributed by atoms with Gasteiger partial charge in [-0.05, 0) is 31.6 Å². The number of piperazine rings is 1. The highest BCUT2D eigenvalue weighted by atomic mass is 15.3. The number of nitrogens with zero attached hydrogens (tertiary/aromatic N) is 2. The molecule has 1 aliphatic carbocycles. The van der Waals surface area contributed by atoms with E-state index in [9.17, 15) is 0 Å². The second-order valence-corrected chi connectivity index (χ2v) is 7.56. The molecule has 3 nitrogen and oxygen atoms in total. The third-order valence-electron chi connectivity index (χ3n) is 4.81. The van der Waals surface area contributed by atoms with E-state index in [4.69, 9.17) is 0 Å². The summed E-state index contributed by atoms with van der Waals surface area (Å²) in [5.74, 6) is 0.805. The Morgan fingerprint density at radius 3 is 2.00 bits per heavy atom. The van der Waals surface area contributed by atoms with Crippen LogP contribution < -0.4 is 5.32 Å². The molecule has 0 spiro atoms. The van der Waals surface area contributed by atoms with Gasteiger partial charge in [0, 0.05) is 50.8 Å². The SMILES string of the molecule is CC(C)CN1CCN(C2CCC(NC(C)C)CC2)CC1. The number of rotatable bonds is 5. The van der Waals surface area contributed by atoms with Gasteiger partial charge in [-0.15, -0.1) is 0 Å². The summed E-state index contributed by atoms with van der Waals surface area (Å²) in [5.41, 5.74) is 0. The molecular weight excluding hydrogens is 246 g/mol. The lowest BCUT2D eigenvalue weighted by atomic mass is 9.89. The molecule has 0 bridgehead atoms. The Bertz CT molecular complexity index is 233. The van der Waals surface area contributed by atoms with Gasteiger partial charge in [0.25, 0.3) is 0 Å². The molecule has 1 N–H and O–H groups in total. The molecule has 0 atom stereocenters. The summed E-state index contributed by atoms with van der Waals surface area (Å²) in [6.45, 7) is 15.6. The van der Waals surface area contributed by atoms with Crippen LogP contribution in [0.5, 0.6) is 0 Å². The molecule has 118 valence electrons. The lowest BCUT2D eigenvalue weighted by molar-refractivity contribution is 0.0684. The molecule has 1 saturated carbocycles. The lowest BCUT2D eigenvalue weighted by Crippen LogP contribution is -2.52. The zero-order valence-corrected chi connectivity index (χ0v) is 14.1. The second-order valence-electron chi connectivity index (χ2n) is 7.56. The zero-order valence-electron chi connectivity index (χ0n) is 14.1. The van der Waals surface area contributed by atoms with Crippen LogP contribution in [0.15, 0.2) is 0 Å². The van der Waals surface area contributed by atoms with Crippen LogP contribution in [-0.4, -0.2) is 60.6 Å². The van der Waals surface area contributed by atoms with Gasteiger partial charge in [-0.3, -0.25) is 4.90 Å². The maximum absolute atomic E-state index is 3.71. The Labute approximate surface area is 126 Å². The molecule has 2 rings (SSSR count). The summed E-state index contributed by atoms with van der Waals surface area (Å²) < 4.78 is 0. The van der Waals surface area contributed by atoms with E-state index in [0.717, 1.165) is 18.0 Å². The van der Waals surface area contributed by atoms with E-state index in [1.54, 1.807) is 0 Å². The number of hydrogen-bond acceptors (Lipinski definition) is 3. The van der Waals surface area contributed by atoms with Crippen LogP contribution in [0, 0.1) is 5.92 Å². The summed E-state index contributed by atoms with van der Waals surface area (Å²) in [6.07, 6.45) is 5.53. The van der Waals surface area contributed by atoms with Crippen LogP contribution in [0.1, 0.15) is 53.4 Å². The van der Waals surface area contributed by atoms with Gasteiger partial charge in [-0.2, -0.15) is 0 Å². The van der Waals surface area contributed by atoms with Crippen molar-refractivity contribution >= 4 is 0 Å². The Balaban J connectivity index is 1.68. The number of hydrogen-bond donors (Lipinski definition) is 1. The highest BCUT2D eigenvalue weighted by Gasteiger charge is 2.28. The molecule has 1 saturated heterocycles. The maximum Gasteiger partial charge on any atom is 0.0113 e. The van der Waals surface area contributed by atoms with Crippen LogP contribution in [0.2, 0.25) is 0 Å². The van der Waals surface area contributed by atoms with Gasteiger partial charge in [0.2, 0.25) is 0 Å². The highest BCUT2D eigenvalue weighted by Crippen LogP contribution is 2.24. The van der Waals surface area contributed by atoms with Gasteiger partial charge in [-0.25, -0.2) is 0 Å². The predicted octanol–water partition coefficient (Wildman–Crippen LogP) is 2.57. The molecule has 0 amide bonds. The topological polar surface area (TPSA) is 18.5 Å². The fraction of sp³-hybridized carbons (Fsp3) is 1.00. The average molecular weight is 281 g/mol. The summed E-state index contributed by atoms with van der Waals surface area (Å²) in [5, 5.41) is 3.71. The first-order chi connectivity index (χ1) is 9.54. The smallest absolute Gasteiger partial charge is 0.0113 e. The first-order valence-electron chi connectivity index (χ1n) is 8.77. The standard InChI is InChI=1S/C17H35N3/c1-14(2)13-19-9-11-20(12-10-19)17-7-5-16(6-8-17)18-15(3)4/h14-18H,5-13H2,1-4H3. The van der Waals surface area contributed by atoms with E-state index in [-0.39, 0.29) is 0 Å². The Morgan fingerprint density at radius 2 is 1.50 bits per heavy atom. The second kappa shape index (κ2) is 7.77. The molecule has 1 heterocycles. The minimum absolute atomic E-state index is 0.635. The number of nitrogens with one attached hydrogen (secondary N) is 1. The van der Waals surface area contributed by atoms with Crippen molar-refractivity contribution in [3.8, 4) is 0 Å². The summed E-state index contributed by atoms with van der Waals surface area (Å²) >= 11 is 0. The zero-order chi connectivity index (χ0) is 14.5. The fourth-order valence-electron chi connectivity index (χ4n) is 3.91. The molecule has 2 fully saturated rings. The molecule has 0 aromatic heterocycles. The average Bonchev–Trinajstić information content (AvgIpc) is 2.39. The maximum atomic E-state index is 3.71. The normalized spacial score (nSPS) is 30.3. The first-order valence-corrected chi connectivity index (χ1v) is 8.77. The van der Waals surface area contributed by atoms with E-state index in [0.29, 0.717) is 6.04 Å². The lowest BCUT2D eigenvalue weighted by Gasteiger charge is -2.42. The van der Waals surface area contributed by atoms with Crippen molar-refractivity contribution in [2.75, 3.05) is 32.7 Å². The van der Waals surface area contributed by atoms with Crippen molar-refractivity contribution in [3.05, 3.63) is 0 Å². The van der Waals surface area contributed by atoms with Gasteiger partial charge >= 0.3 is 0 Å². The summed E-state index contributed by atoms with van der Waals surface area (Å²) in [7, 11) is 0. The molecule has 0 aromatic rings. The van der Waals surface area contributed by atoms with Crippen LogP contribution in [0.25, 0.3) is 0 Å². The van der Waals surface area contributed by atoms with E-state index in [2.05, 4.69) is 42.8 Å². The van der Waals surface area contributed by atoms with Crippen LogP contribution in [-0.2, 0) is 0 Å².